The van der Waals surface area contributed by atoms with Crippen LogP contribution in [-0.2, 0) is 6.42 Å². The number of hydrogen-bond donors (Lipinski definition) is 0. The largest absolute Gasteiger partial charge is 0.294 e. The molecule has 0 unspecified atom stereocenters. The number of halogens is 2. The van der Waals surface area contributed by atoms with Gasteiger partial charge in [0.05, 0.1) is 5.02 Å². The SMILES string of the molecule is Cc1ccc(C(=O)Cc2ccc(Cl)c(F)c2)c(C)c1. The number of aryl methyl sites for hydroxylation is 2. The Morgan fingerprint density at radius 2 is 1.89 bits per heavy atom. The summed E-state index contributed by atoms with van der Waals surface area (Å²) in [6, 6.07) is 10.1. The fourth-order valence-corrected chi connectivity index (χ4v) is 2.17. The van der Waals surface area contributed by atoms with E-state index in [4.69, 9.17) is 11.6 Å². The van der Waals surface area contributed by atoms with Crippen LogP contribution in [-0.4, -0.2) is 5.78 Å². The second kappa shape index (κ2) is 5.54. The van der Waals surface area contributed by atoms with Gasteiger partial charge in [0.15, 0.2) is 5.78 Å². The van der Waals surface area contributed by atoms with Gasteiger partial charge in [-0.15, -0.1) is 0 Å². The van der Waals surface area contributed by atoms with Gasteiger partial charge >= 0.3 is 0 Å². The maximum atomic E-state index is 13.3. The van der Waals surface area contributed by atoms with Gasteiger partial charge in [-0.05, 0) is 37.1 Å². The molecule has 1 nitrogen and oxygen atoms in total. The van der Waals surface area contributed by atoms with Crippen LogP contribution in [0.15, 0.2) is 36.4 Å². The minimum Gasteiger partial charge on any atom is -0.294 e. The summed E-state index contributed by atoms with van der Waals surface area (Å²) in [4.78, 5) is 12.2. The van der Waals surface area contributed by atoms with Crippen molar-refractivity contribution in [3.05, 3.63) is 69.5 Å². The highest BCUT2D eigenvalue weighted by Gasteiger charge is 2.11. The van der Waals surface area contributed by atoms with Crippen molar-refractivity contribution in [2.75, 3.05) is 0 Å². The van der Waals surface area contributed by atoms with Gasteiger partial charge in [0, 0.05) is 12.0 Å². The number of ketones is 1. The monoisotopic (exact) mass is 276 g/mol. The third kappa shape index (κ3) is 3.21. The molecule has 0 aromatic heterocycles. The molecule has 0 heterocycles. The molecule has 0 spiro atoms. The molecule has 0 aliphatic rings. The standard InChI is InChI=1S/C16H14ClFO/c1-10-3-5-13(11(2)7-10)16(19)9-12-4-6-14(17)15(18)8-12/h3-8H,9H2,1-2H3. The van der Waals surface area contributed by atoms with Crippen LogP contribution in [0.1, 0.15) is 27.0 Å². The van der Waals surface area contributed by atoms with E-state index in [1.807, 2.05) is 32.0 Å². The lowest BCUT2D eigenvalue weighted by atomic mass is 9.98. The molecule has 2 aromatic carbocycles. The second-order valence-electron chi connectivity index (χ2n) is 4.67. The van der Waals surface area contributed by atoms with Crippen LogP contribution >= 0.6 is 11.6 Å². The van der Waals surface area contributed by atoms with E-state index in [9.17, 15) is 9.18 Å². The van der Waals surface area contributed by atoms with Crippen molar-refractivity contribution in [1.29, 1.82) is 0 Å². The summed E-state index contributed by atoms with van der Waals surface area (Å²) < 4.78 is 13.3. The van der Waals surface area contributed by atoms with E-state index in [-0.39, 0.29) is 17.2 Å². The molecular weight excluding hydrogens is 263 g/mol. The van der Waals surface area contributed by atoms with Crippen LogP contribution in [0, 0.1) is 19.7 Å². The summed E-state index contributed by atoms with van der Waals surface area (Å²) in [6.45, 7) is 3.89. The zero-order valence-corrected chi connectivity index (χ0v) is 11.6. The molecule has 0 radical (unpaired) electrons. The first-order chi connectivity index (χ1) is 8.97. The molecule has 0 aliphatic heterocycles. The summed E-state index contributed by atoms with van der Waals surface area (Å²) in [5.74, 6) is -0.508. The topological polar surface area (TPSA) is 17.1 Å². The molecule has 0 N–H and O–H groups in total. The predicted octanol–water partition coefficient (Wildman–Crippen LogP) is 4.52. The molecule has 2 aromatic rings. The lowest BCUT2D eigenvalue weighted by Crippen LogP contribution is -2.06. The van der Waals surface area contributed by atoms with Crippen molar-refractivity contribution >= 4 is 17.4 Å². The molecule has 0 fully saturated rings. The predicted molar refractivity (Wildman–Crippen MR) is 75.4 cm³/mol. The van der Waals surface area contributed by atoms with Crippen molar-refractivity contribution in [3.8, 4) is 0 Å². The van der Waals surface area contributed by atoms with Gasteiger partial charge in [-0.1, -0.05) is 41.4 Å². The summed E-state index contributed by atoms with van der Waals surface area (Å²) in [7, 11) is 0. The molecule has 0 bridgehead atoms. The van der Waals surface area contributed by atoms with Gasteiger partial charge in [-0.25, -0.2) is 4.39 Å². The van der Waals surface area contributed by atoms with Crippen molar-refractivity contribution in [3.63, 3.8) is 0 Å². The third-order valence-corrected chi connectivity index (χ3v) is 3.34. The van der Waals surface area contributed by atoms with Crippen molar-refractivity contribution in [1.82, 2.24) is 0 Å². The van der Waals surface area contributed by atoms with Gasteiger partial charge in [-0.2, -0.15) is 0 Å². The van der Waals surface area contributed by atoms with E-state index in [1.165, 1.54) is 12.1 Å². The molecule has 2 rings (SSSR count). The second-order valence-corrected chi connectivity index (χ2v) is 5.07. The molecule has 0 aliphatic carbocycles. The first kappa shape index (κ1) is 13.8. The van der Waals surface area contributed by atoms with Crippen LogP contribution in [0.4, 0.5) is 4.39 Å². The summed E-state index contributed by atoms with van der Waals surface area (Å²) in [5, 5.41) is 0.0720. The Labute approximate surface area is 117 Å². The fourth-order valence-electron chi connectivity index (χ4n) is 2.06. The van der Waals surface area contributed by atoms with Crippen LogP contribution in [0.2, 0.25) is 5.02 Å². The molecule has 0 amide bonds. The Hall–Kier alpha value is -1.67. The van der Waals surface area contributed by atoms with E-state index < -0.39 is 5.82 Å². The average Bonchev–Trinajstić information content (AvgIpc) is 2.33. The van der Waals surface area contributed by atoms with Crippen LogP contribution in [0.3, 0.4) is 0 Å². The van der Waals surface area contributed by atoms with E-state index in [0.717, 1.165) is 11.1 Å². The smallest absolute Gasteiger partial charge is 0.167 e. The maximum Gasteiger partial charge on any atom is 0.167 e. The van der Waals surface area contributed by atoms with Crippen LogP contribution in [0.5, 0.6) is 0 Å². The van der Waals surface area contributed by atoms with Crippen molar-refractivity contribution < 1.29 is 9.18 Å². The summed E-state index contributed by atoms with van der Waals surface area (Å²) >= 11 is 5.62. The zero-order valence-electron chi connectivity index (χ0n) is 10.8. The van der Waals surface area contributed by atoms with E-state index in [1.54, 1.807) is 6.07 Å². The van der Waals surface area contributed by atoms with Gasteiger partial charge in [0.1, 0.15) is 5.82 Å². The van der Waals surface area contributed by atoms with E-state index in [2.05, 4.69) is 0 Å². The number of Topliss-reactive ketones (excluding diaryl/α,β-unsaturated/α-hetero) is 1. The quantitative estimate of drug-likeness (QED) is 0.753. The fraction of sp³-hybridized carbons (Fsp3) is 0.188. The van der Waals surface area contributed by atoms with Gasteiger partial charge in [0.25, 0.3) is 0 Å². The number of carbonyl (C=O) groups excluding carboxylic acids is 1. The van der Waals surface area contributed by atoms with Crippen molar-refractivity contribution in [2.45, 2.75) is 20.3 Å². The lowest BCUT2D eigenvalue weighted by Gasteiger charge is -2.06. The number of rotatable bonds is 3. The minimum atomic E-state index is -0.493. The van der Waals surface area contributed by atoms with Gasteiger partial charge < -0.3 is 0 Å². The Bertz CT molecular complexity index is 635. The normalized spacial score (nSPS) is 10.5. The summed E-state index contributed by atoms with van der Waals surface area (Å²) in [6.07, 6.45) is 0.179. The zero-order chi connectivity index (χ0) is 14.0. The Kier molecular flexibility index (Phi) is 4.01. The number of benzene rings is 2. The van der Waals surface area contributed by atoms with Crippen LogP contribution < -0.4 is 0 Å². The third-order valence-electron chi connectivity index (χ3n) is 3.03. The Balaban J connectivity index is 2.23. The van der Waals surface area contributed by atoms with Crippen LogP contribution in [0.25, 0.3) is 0 Å². The molecule has 98 valence electrons. The van der Waals surface area contributed by atoms with Gasteiger partial charge in [0.2, 0.25) is 0 Å². The molecule has 3 heteroatoms. The maximum absolute atomic E-state index is 13.3. The molecule has 0 saturated carbocycles. The van der Waals surface area contributed by atoms with E-state index >= 15 is 0 Å². The molecule has 19 heavy (non-hydrogen) atoms. The first-order valence-electron chi connectivity index (χ1n) is 6.02. The first-order valence-corrected chi connectivity index (χ1v) is 6.39. The Morgan fingerprint density at radius 1 is 1.16 bits per heavy atom. The minimum absolute atomic E-state index is 0.0146. The highest BCUT2D eigenvalue weighted by atomic mass is 35.5. The highest BCUT2D eigenvalue weighted by Crippen LogP contribution is 2.18. The van der Waals surface area contributed by atoms with Crippen molar-refractivity contribution in [2.24, 2.45) is 0 Å². The van der Waals surface area contributed by atoms with Gasteiger partial charge in [-0.3, -0.25) is 4.79 Å². The Morgan fingerprint density at radius 3 is 2.53 bits per heavy atom. The molecular formula is C16H14ClFO. The highest BCUT2D eigenvalue weighted by molar-refractivity contribution is 6.30. The molecule has 0 atom stereocenters. The number of hydrogen-bond acceptors (Lipinski definition) is 1. The lowest BCUT2D eigenvalue weighted by molar-refractivity contribution is 0.0992. The number of carbonyl (C=O) groups is 1. The average molecular weight is 277 g/mol. The van der Waals surface area contributed by atoms with E-state index in [0.29, 0.717) is 11.1 Å². The molecule has 0 saturated heterocycles. The summed E-state index contributed by atoms with van der Waals surface area (Å²) in [5.41, 5.74) is 3.37.